The van der Waals surface area contributed by atoms with Crippen molar-refractivity contribution in [1.29, 1.82) is 0 Å². The van der Waals surface area contributed by atoms with Crippen LogP contribution in [0.25, 0.3) is 0 Å². The molecule has 0 aliphatic carbocycles. The van der Waals surface area contributed by atoms with Crippen LogP contribution in [0.2, 0.25) is 5.02 Å². The van der Waals surface area contributed by atoms with Crippen LogP contribution in [0.4, 0.5) is 10.1 Å². The Kier molecular flexibility index (Phi) is 4.81. The minimum absolute atomic E-state index is 0.0840. The van der Waals surface area contributed by atoms with Crippen LogP contribution in [0.3, 0.4) is 0 Å². The average molecular weight is 347 g/mol. The molecule has 124 valence electrons. The lowest BCUT2D eigenvalue weighted by atomic mass is 10.1. The number of nitrogens with zero attached hydrogens (tertiary/aromatic N) is 1. The number of anilines is 1. The summed E-state index contributed by atoms with van der Waals surface area (Å²) in [6, 6.07) is 12.9. The first kappa shape index (κ1) is 16.5. The van der Waals surface area contributed by atoms with Gasteiger partial charge in [0, 0.05) is 30.2 Å². The number of hydrogen-bond acceptors (Lipinski definition) is 2. The summed E-state index contributed by atoms with van der Waals surface area (Å²) >= 11 is 5.85. The Balaban J connectivity index is 1.59. The highest BCUT2D eigenvalue weighted by molar-refractivity contribution is 6.30. The molecule has 2 amide bonds. The summed E-state index contributed by atoms with van der Waals surface area (Å²) in [6.07, 6.45) is 0.178. The maximum atomic E-state index is 12.9. The lowest BCUT2D eigenvalue weighted by Crippen LogP contribution is -2.32. The summed E-state index contributed by atoms with van der Waals surface area (Å²) in [5.74, 6) is -0.970. The average Bonchev–Trinajstić information content (AvgIpc) is 2.97. The Hall–Kier alpha value is -2.40. The first-order valence-electron chi connectivity index (χ1n) is 7.61. The maximum absolute atomic E-state index is 12.9. The zero-order valence-corrected chi connectivity index (χ0v) is 13.6. The second-order valence-corrected chi connectivity index (χ2v) is 6.16. The number of halogens is 2. The monoisotopic (exact) mass is 346 g/mol. The second kappa shape index (κ2) is 7.01. The molecule has 1 saturated heterocycles. The largest absolute Gasteiger partial charge is 0.352 e. The second-order valence-electron chi connectivity index (χ2n) is 5.73. The standard InChI is InChI=1S/C18H16ClFN2O2/c19-14-3-7-16(8-4-14)22-11-13(9-17(22)23)18(24)21-10-12-1-5-15(20)6-2-12/h1-8,13H,9-11H2,(H,21,24)/t13-/m0/s1. The Bertz CT molecular complexity index is 747. The minimum atomic E-state index is -0.395. The van der Waals surface area contributed by atoms with E-state index in [0.29, 0.717) is 18.1 Å². The molecule has 1 atom stereocenters. The van der Waals surface area contributed by atoms with Crippen molar-refractivity contribution in [2.45, 2.75) is 13.0 Å². The molecule has 6 heteroatoms. The lowest BCUT2D eigenvalue weighted by Gasteiger charge is -2.16. The predicted molar refractivity (Wildman–Crippen MR) is 90.2 cm³/mol. The zero-order valence-electron chi connectivity index (χ0n) is 12.8. The third kappa shape index (κ3) is 3.74. The first-order chi connectivity index (χ1) is 11.5. The van der Waals surface area contributed by atoms with Crippen molar-refractivity contribution >= 4 is 29.1 Å². The summed E-state index contributed by atoms with van der Waals surface area (Å²) in [4.78, 5) is 26.0. The van der Waals surface area contributed by atoms with Gasteiger partial charge in [0.25, 0.3) is 0 Å². The van der Waals surface area contributed by atoms with Crippen molar-refractivity contribution in [3.05, 3.63) is 64.9 Å². The number of rotatable bonds is 4. The Morgan fingerprint density at radius 1 is 1.17 bits per heavy atom. The molecule has 1 N–H and O–H groups in total. The Labute approximate surface area is 144 Å². The molecule has 2 aromatic carbocycles. The van der Waals surface area contributed by atoms with E-state index in [-0.39, 0.29) is 24.1 Å². The van der Waals surface area contributed by atoms with Gasteiger partial charge >= 0.3 is 0 Å². The number of benzene rings is 2. The van der Waals surface area contributed by atoms with Crippen LogP contribution in [0, 0.1) is 11.7 Å². The molecule has 0 bridgehead atoms. The van der Waals surface area contributed by atoms with Gasteiger partial charge in [-0.05, 0) is 42.0 Å². The summed E-state index contributed by atoms with van der Waals surface area (Å²) in [6.45, 7) is 0.653. The molecule has 0 aromatic heterocycles. The van der Waals surface area contributed by atoms with E-state index in [1.165, 1.54) is 12.1 Å². The van der Waals surface area contributed by atoms with Crippen molar-refractivity contribution in [2.24, 2.45) is 5.92 Å². The molecular weight excluding hydrogens is 331 g/mol. The van der Waals surface area contributed by atoms with Crippen molar-refractivity contribution in [3.63, 3.8) is 0 Å². The Morgan fingerprint density at radius 2 is 1.83 bits per heavy atom. The van der Waals surface area contributed by atoms with Gasteiger partial charge in [-0.25, -0.2) is 4.39 Å². The van der Waals surface area contributed by atoms with Gasteiger partial charge in [0.15, 0.2) is 0 Å². The van der Waals surface area contributed by atoms with E-state index < -0.39 is 5.92 Å². The molecule has 0 radical (unpaired) electrons. The van der Waals surface area contributed by atoms with Gasteiger partial charge in [-0.2, -0.15) is 0 Å². The van der Waals surface area contributed by atoms with E-state index >= 15 is 0 Å². The summed E-state index contributed by atoms with van der Waals surface area (Å²) in [7, 11) is 0. The molecule has 4 nitrogen and oxygen atoms in total. The third-order valence-electron chi connectivity index (χ3n) is 4.01. The van der Waals surface area contributed by atoms with Crippen LogP contribution >= 0.6 is 11.6 Å². The van der Waals surface area contributed by atoms with Gasteiger partial charge in [-0.15, -0.1) is 0 Å². The van der Waals surface area contributed by atoms with E-state index in [4.69, 9.17) is 11.6 Å². The van der Waals surface area contributed by atoms with Gasteiger partial charge in [0.05, 0.1) is 5.92 Å². The highest BCUT2D eigenvalue weighted by atomic mass is 35.5. The van der Waals surface area contributed by atoms with Crippen LogP contribution in [-0.2, 0) is 16.1 Å². The van der Waals surface area contributed by atoms with E-state index in [1.807, 2.05) is 0 Å². The normalized spacial score (nSPS) is 17.2. The number of carbonyl (C=O) groups is 2. The predicted octanol–water partition coefficient (Wildman–Crippen LogP) is 3.15. The zero-order chi connectivity index (χ0) is 17.1. The van der Waals surface area contributed by atoms with E-state index in [9.17, 15) is 14.0 Å². The molecule has 1 heterocycles. The van der Waals surface area contributed by atoms with Crippen molar-refractivity contribution in [1.82, 2.24) is 5.32 Å². The minimum Gasteiger partial charge on any atom is -0.352 e. The fourth-order valence-electron chi connectivity index (χ4n) is 2.69. The van der Waals surface area contributed by atoms with Gasteiger partial charge in [-0.3, -0.25) is 9.59 Å². The van der Waals surface area contributed by atoms with Crippen LogP contribution < -0.4 is 10.2 Å². The van der Waals surface area contributed by atoms with E-state index in [0.717, 1.165) is 11.3 Å². The van der Waals surface area contributed by atoms with Gasteiger partial charge < -0.3 is 10.2 Å². The number of amides is 2. The molecule has 1 aliphatic heterocycles. The SMILES string of the molecule is O=C(NCc1ccc(F)cc1)[C@H]1CC(=O)N(c2ccc(Cl)cc2)C1. The summed E-state index contributed by atoms with van der Waals surface area (Å²) < 4.78 is 12.9. The van der Waals surface area contributed by atoms with Crippen molar-refractivity contribution < 1.29 is 14.0 Å². The summed E-state index contributed by atoms with van der Waals surface area (Å²) in [5, 5.41) is 3.40. The van der Waals surface area contributed by atoms with Crippen molar-refractivity contribution in [3.8, 4) is 0 Å². The highest BCUT2D eigenvalue weighted by Crippen LogP contribution is 2.26. The maximum Gasteiger partial charge on any atom is 0.227 e. The molecule has 1 fully saturated rings. The molecule has 0 spiro atoms. The van der Waals surface area contributed by atoms with Crippen LogP contribution in [-0.4, -0.2) is 18.4 Å². The lowest BCUT2D eigenvalue weighted by molar-refractivity contribution is -0.126. The van der Waals surface area contributed by atoms with Gasteiger partial charge in [0.2, 0.25) is 11.8 Å². The van der Waals surface area contributed by atoms with E-state index in [1.54, 1.807) is 41.3 Å². The molecule has 0 saturated carbocycles. The van der Waals surface area contributed by atoms with Crippen molar-refractivity contribution in [2.75, 3.05) is 11.4 Å². The number of nitrogens with one attached hydrogen (secondary N) is 1. The Morgan fingerprint density at radius 3 is 2.50 bits per heavy atom. The molecule has 24 heavy (non-hydrogen) atoms. The topological polar surface area (TPSA) is 49.4 Å². The third-order valence-corrected chi connectivity index (χ3v) is 4.27. The smallest absolute Gasteiger partial charge is 0.227 e. The van der Waals surface area contributed by atoms with Gasteiger partial charge in [-0.1, -0.05) is 23.7 Å². The highest BCUT2D eigenvalue weighted by Gasteiger charge is 2.34. The van der Waals surface area contributed by atoms with Crippen LogP contribution in [0.15, 0.2) is 48.5 Å². The van der Waals surface area contributed by atoms with E-state index in [2.05, 4.69) is 5.32 Å². The van der Waals surface area contributed by atoms with Crippen LogP contribution in [0.5, 0.6) is 0 Å². The fourth-order valence-corrected chi connectivity index (χ4v) is 2.82. The fraction of sp³-hybridized carbons (Fsp3) is 0.222. The molecular formula is C18H16ClFN2O2. The van der Waals surface area contributed by atoms with Gasteiger partial charge in [0.1, 0.15) is 5.82 Å². The number of hydrogen-bond donors (Lipinski definition) is 1. The quantitative estimate of drug-likeness (QED) is 0.924. The molecule has 1 aliphatic rings. The summed E-state index contributed by atoms with van der Waals surface area (Å²) in [5.41, 5.74) is 1.54. The van der Waals surface area contributed by atoms with Crippen LogP contribution in [0.1, 0.15) is 12.0 Å². The molecule has 0 unspecified atom stereocenters. The molecule has 2 aromatic rings. The number of carbonyl (C=O) groups excluding carboxylic acids is 2. The first-order valence-corrected chi connectivity index (χ1v) is 7.99. The molecule has 3 rings (SSSR count).